The van der Waals surface area contributed by atoms with Crippen molar-refractivity contribution in [2.75, 3.05) is 6.61 Å². The van der Waals surface area contributed by atoms with Crippen LogP contribution in [0.1, 0.15) is 32.3 Å². The van der Waals surface area contributed by atoms with Gasteiger partial charge >= 0.3 is 0 Å². The summed E-state index contributed by atoms with van der Waals surface area (Å²) in [4.78, 5) is 0. The van der Waals surface area contributed by atoms with Crippen molar-refractivity contribution in [3.05, 3.63) is 29.6 Å². The summed E-state index contributed by atoms with van der Waals surface area (Å²) in [5.41, 5.74) is 0.254. The van der Waals surface area contributed by atoms with Crippen LogP contribution in [0.3, 0.4) is 0 Å². The average Bonchev–Trinajstić information content (AvgIpc) is 2.25. The van der Waals surface area contributed by atoms with Crippen LogP contribution < -0.4 is 4.74 Å². The molecular formula is C13H16FNO. The molecule has 0 fully saturated rings. The number of halogens is 1. The summed E-state index contributed by atoms with van der Waals surface area (Å²) >= 11 is 0. The van der Waals surface area contributed by atoms with E-state index in [4.69, 9.17) is 10.00 Å². The van der Waals surface area contributed by atoms with Gasteiger partial charge in [0.1, 0.15) is 17.6 Å². The predicted molar refractivity (Wildman–Crippen MR) is 60.7 cm³/mol. The molecule has 1 aromatic carbocycles. The maximum absolute atomic E-state index is 12.8. The third kappa shape index (κ3) is 3.90. The summed E-state index contributed by atoms with van der Waals surface area (Å²) in [6.45, 7) is 4.87. The number of benzene rings is 1. The Balaban J connectivity index is 2.51. The Bertz CT molecular complexity index is 382. The van der Waals surface area contributed by atoms with Gasteiger partial charge in [0, 0.05) is 0 Å². The van der Waals surface area contributed by atoms with E-state index in [9.17, 15) is 4.39 Å². The Hall–Kier alpha value is -1.56. The van der Waals surface area contributed by atoms with E-state index in [1.54, 1.807) is 0 Å². The zero-order valence-electron chi connectivity index (χ0n) is 9.66. The fourth-order valence-corrected chi connectivity index (χ4v) is 1.39. The van der Waals surface area contributed by atoms with Crippen LogP contribution in [0.15, 0.2) is 18.2 Å². The fraction of sp³-hybridized carbons (Fsp3) is 0.462. The SMILES string of the molecule is CC(C)CCCOc1ccc(F)cc1C#N. The third-order valence-electron chi connectivity index (χ3n) is 2.25. The Labute approximate surface area is 95.7 Å². The van der Waals surface area contributed by atoms with Crippen molar-refractivity contribution in [1.82, 2.24) is 0 Å². The first-order valence-electron chi connectivity index (χ1n) is 5.46. The Morgan fingerprint density at radius 3 is 2.81 bits per heavy atom. The number of ether oxygens (including phenoxy) is 1. The van der Waals surface area contributed by atoms with Gasteiger partial charge in [-0.3, -0.25) is 0 Å². The molecule has 1 aromatic rings. The van der Waals surface area contributed by atoms with E-state index in [0.29, 0.717) is 18.3 Å². The van der Waals surface area contributed by atoms with Crippen molar-refractivity contribution in [2.45, 2.75) is 26.7 Å². The molecule has 0 aromatic heterocycles. The second-order valence-electron chi connectivity index (χ2n) is 4.14. The summed E-state index contributed by atoms with van der Waals surface area (Å²) in [5, 5.41) is 8.79. The lowest BCUT2D eigenvalue weighted by atomic mass is 10.1. The molecule has 0 N–H and O–H groups in total. The molecule has 0 amide bonds. The number of hydrogen-bond donors (Lipinski definition) is 0. The van der Waals surface area contributed by atoms with Crippen molar-refractivity contribution in [3.8, 4) is 11.8 Å². The molecule has 0 unspecified atom stereocenters. The highest BCUT2D eigenvalue weighted by atomic mass is 19.1. The van der Waals surface area contributed by atoms with Gasteiger partial charge < -0.3 is 4.74 Å². The summed E-state index contributed by atoms with van der Waals surface area (Å²) in [7, 11) is 0. The van der Waals surface area contributed by atoms with Gasteiger partial charge in [-0.15, -0.1) is 0 Å². The lowest BCUT2D eigenvalue weighted by Crippen LogP contribution is -2.01. The lowest BCUT2D eigenvalue weighted by molar-refractivity contribution is 0.296. The minimum atomic E-state index is -0.411. The summed E-state index contributed by atoms with van der Waals surface area (Å²) in [6, 6.07) is 5.92. The van der Waals surface area contributed by atoms with Crippen LogP contribution in [0.2, 0.25) is 0 Å². The second-order valence-corrected chi connectivity index (χ2v) is 4.14. The van der Waals surface area contributed by atoms with Crippen molar-refractivity contribution in [3.63, 3.8) is 0 Å². The molecular weight excluding hydrogens is 205 g/mol. The standard InChI is InChI=1S/C13H16FNO/c1-10(2)4-3-7-16-13-6-5-12(14)8-11(13)9-15/h5-6,8,10H,3-4,7H2,1-2H3. The van der Waals surface area contributed by atoms with Gasteiger partial charge in [0.05, 0.1) is 12.2 Å². The van der Waals surface area contributed by atoms with Crippen molar-refractivity contribution in [2.24, 2.45) is 5.92 Å². The molecule has 1 rings (SSSR count). The molecule has 0 heterocycles. The van der Waals surface area contributed by atoms with E-state index in [0.717, 1.165) is 12.8 Å². The lowest BCUT2D eigenvalue weighted by Gasteiger charge is -2.08. The normalized spacial score (nSPS) is 10.2. The quantitative estimate of drug-likeness (QED) is 0.713. The molecule has 0 bridgehead atoms. The first-order valence-corrected chi connectivity index (χ1v) is 5.46. The smallest absolute Gasteiger partial charge is 0.137 e. The monoisotopic (exact) mass is 221 g/mol. The zero-order valence-corrected chi connectivity index (χ0v) is 9.66. The highest BCUT2D eigenvalue weighted by molar-refractivity contribution is 5.42. The van der Waals surface area contributed by atoms with E-state index < -0.39 is 5.82 Å². The average molecular weight is 221 g/mol. The van der Waals surface area contributed by atoms with Crippen molar-refractivity contribution in [1.29, 1.82) is 5.26 Å². The molecule has 0 spiro atoms. The first-order chi connectivity index (χ1) is 7.63. The minimum absolute atomic E-state index is 0.254. The van der Waals surface area contributed by atoms with Crippen molar-refractivity contribution >= 4 is 0 Å². The Morgan fingerprint density at radius 2 is 2.19 bits per heavy atom. The highest BCUT2D eigenvalue weighted by Gasteiger charge is 2.04. The summed E-state index contributed by atoms with van der Waals surface area (Å²) in [6.07, 6.45) is 2.03. The maximum atomic E-state index is 12.8. The van der Waals surface area contributed by atoms with Gasteiger partial charge in [0.2, 0.25) is 0 Å². The summed E-state index contributed by atoms with van der Waals surface area (Å²) in [5.74, 6) is 0.700. The Kier molecular flexibility index (Phi) is 4.78. The number of nitriles is 1. The molecule has 0 radical (unpaired) electrons. The van der Waals surface area contributed by atoms with Crippen LogP contribution in [0.25, 0.3) is 0 Å². The van der Waals surface area contributed by atoms with E-state index in [1.807, 2.05) is 6.07 Å². The molecule has 0 saturated carbocycles. The molecule has 0 atom stereocenters. The second kappa shape index (κ2) is 6.12. The predicted octanol–water partition coefficient (Wildman–Crippen LogP) is 3.51. The van der Waals surface area contributed by atoms with Crippen LogP contribution in [0.5, 0.6) is 5.75 Å². The number of rotatable bonds is 5. The van der Waals surface area contributed by atoms with Crippen LogP contribution in [-0.4, -0.2) is 6.61 Å². The first kappa shape index (κ1) is 12.5. The number of hydrogen-bond acceptors (Lipinski definition) is 2. The van der Waals surface area contributed by atoms with Gasteiger partial charge in [-0.05, 0) is 37.0 Å². The van der Waals surface area contributed by atoms with Crippen molar-refractivity contribution < 1.29 is 9.13 Å². The van der Waals surface area contributed by atoms with E-state index >= 15 is 0 Å². The van der Waals surface area contributed by atoms with Crippen LogP contribution in [-0.2, 0) is 0 Å². The fourth-order valence-electron chi connectivity index (χ4n) is 1.39. The molecule has 3 heteroatoms. The maximum Gasteiger partial charge on any atom is 0.137 e. The molecule has 0 aliphatic rings. The van der Waals surface area contributed by atoms with Crippen LogP contribution >= 0.6 is 0 Å². The van der Waals surface area contributed by atoms with Gasteiger partial charge in [-0.2, -0.15) is 5.26 Å². The molecule has 0 aliphatic carbocycles. The molecule has 0 aliphatic heterocycles. The molecule has 2 nitrogen and oxygen atoms in total. The topological polar surface area (TPSA) is 33.0 Å². The van der Waals surface area contributed by atoms with E-state index in [-0.39, 0.29) is 5.56 Å². The van der Waals surface area contributed by atoms with Gasteiger partial charge in [0.25, 0.3) is 0 Å². The third-order valence-corrected chi connectivity index (χ3v) is 2.25. The van der Waals surface area contributed by atoms with Crippen LogP contribution in [0.4, 0.5) is 4.39 Å². The van der Waals surface area contributed by atoms with E-state index in [1.165, 1.54) is 18.2 Å². The molecule has 0 saturated heterocycles. The van der Waals surface area contributed by atoms with Gasteiger partial charge in [-0.25, -0.2) is 4.39 Å². The highest BCUT2D eigenvalue weighted by Crippen LogP contribution is 2.19. The largest absolute Gasteiger partial charge is 0.492 e. The minimum Gasteiger partial charge on any atom is -0.492 e. The zero-order chi connectivity index (χ0) is 12.0. The van der Waals surface area contributed by atoms with E-state index in [2.05, 4.69) is 13.8 Å². The van der Waals surface area contributed by atoms with Gasteiger partial charge in [0.15, 0.2) is 0 Å². The number of nitrogens with zero attached hydrogens (tertiary/aromatic N) is 1. The molecule has 16 heavy (non-hydrogen) atoms. The Morgan fingerprint density at radius 1 is 1.44 bits per heavy atom. The van der Waals surface area contributed by atoms with Crippen LogP contribution in [0, 0.1) is 23.1 Å². The van der Waals surface area contributed by atoms with Gasteiger partial charge in [-0.1, -0.05) is 13.8 Å². The molecule has 86 valence electrons. The summed E-state index contributed by atoms with van der Waals surface area (Å²) < 4.78 is 18.3.